The first kappa shape index (κ1) is 16.4. The molecule has 0 atom stereocenters. The minimum atomic E-state index is -0.678. The number of benzene rings is 1. The molecular formula is C16H15FN2O4S. The fourth-order valence-corrected chi connectivity index (χ4v) is 3.07. The van der Waals surface area contributed by atoms with E-state index in [9.17, 15) is 14.0 Å². The lowest BCUT2D eigenvalue weighted by atomic mass is 10.1. The SMILES string of the molecule is COC(=O)c1c(OC)nsc1-c1cc(C(=O)NC2CC2)ccc1F. The Hall–Kier alpha value is -2.48. The summed E-state index contributed by atoms with van der Waals surface area (Å²) in [7, 11) is 2.58. The molecule has 1 fully saturated rings. The smallest absolute Gasteiger partial charge is 0.344 e. The Balaban J connectivity index is 2.04. The summed E-state index contributed by atoms with van der Waals surface area (Å²) in [5.74, 6) is -1.44. The number of carbonyl (C=O) groups excluding carboxylic acids is 2. The molecule has 0 saturated heterocycles. The van der Waals surface area contributed by atoms with Crippen LogP contribution in [-0.4, -0.2) is 36.5 Å². The molecule has 0 spiro atoms. The number of amides is 1. The summed E-state index contributed by atoms with van der Waals surface area (Å²) in [6, 6.07) is 4.21. The normalized spacial score (nSPS) is 13.5. The third kappa shape index (κ3) is 3.09. The highest BCUT2D eigenvalue weighted by atomic mass is 32.1. The summed E-state index contributed by atoms with van der Waals surface area (Å²) in [4.78, 5) is 24.4. The highest BCUT2D eigenvalue weighted by Gasteiger charge is 2.27. The third-order valence-corrected chi connectivity index (χ3v) is 4.49. The van der Waals surface area contributed by atoms with E-state index in [-0.39, 0.29) is 33.8 Å². The second-order valence-electron chi connectivity index (χ2n) is 5.33. The molecule has 126 valence electrons. The van der Waals surface area contributed by atoms with Crippen molar-refractivity contribution in [1.29, 1.82) is 0 Å². The number of halogens is 1. The Labute approximate surface area is 141 Å². The number of rotatable bonds is 5. The standard InChI is InChI=1S/C16H15FN2O4S/c1-22-15-12(16(21)23-2)13(24-19-15)10-7-8(3-6-11(10)17)14(20)18-9-4-5-9/h3,6-7,9H,4-5H2,1-2H3,(H,18,20). The fraction of sp³-hybridized carbons (Fsp3) is 0.312. The summed E-state index contributed by atoms with van der Waals surface area (Å²) in [5.41, 5.74) is 0.477. The summed E-state index contributed by atoms with van der Waals surface area (Å²) >= 11 is 0.911. The Bertz CT molecular complexity index is 801. The van der Waals surface area contributed by atoms with E-state index in [4.69, 9.17) is 9.47 Å². The van der Waals surface area contributed by atoms with Crippen molar-refractivity contribution < 1.29 is 23.5 Å². The molecule has 0 radical (unpaired) electrons. The van der Waals surface area contributed by atoms with Gasteiger partial charge in [0, 0.05) is 17.2 Å². The van der Waals surface area contributed by atoms with Crippen LogP contribution in [0.2, 0.25) is 0 Å². The number of esters is 1. The molecule has 0 unspecified atom stereocenters. The lowest BCUT2D eigenvalue weighted by Gasteiger charge is -2.08. The van der Waals surface area contributed by atoms with Gasteiger partial charge in [0.25, 0.3) is 5.91 Å². The number of nitrogens with one attached hydrogen (secondary N) is 1. The van der Waals surface area contributed by atoms with E-state index < -0.39 is 11.8 Å². The maximum absolute atomic E-state index is 14.3. The number of aromatic nitrogens is 1. The largest absolute Gasteiger partial charge is 0.480 e. The van der Waals surface area contributed by atoms with Gasteiger partial charge in [-0.25, -0.2) is 9.18 Å². The summed E-state index contributed by atoms with van der Waals surface area (Å²) in [5, 5.41) is 2.84. The molecule has 8 heteroatoms. The quantitative estimate of drug-likeness (QED) is 0.839. The van der Waals surface area contributed by atoms with Crippen LogP contribution in [0.5, 0.6) is 5.88 Å². The summed E-state index contributed by atoms with van der Waals surface area (Å²) in [6.07, 6.45) is 1.91. The van der Waals surface area contributed by atoms with Crippen LogP contribution < -0.4 is 10.1 Å². The number of methoxy groups -OCH3 is 2. The van der Waals surface area contributed by atoms with Gasteiger partial charge in [0.1, 0.15) is 11.4 Å². The molecule has 6 nitrogen and oxygen atoms in total. The molecule has 1 aliphatic carbocycles. The van der Waals surface area contributed by atoms with Crippen LogP contribution in [0.3, 0.4) is 0 Å². The maximum atomic E-state index is 14.3. The van der Waals surface area contributed by atoms with Crippen molar-refractivity contribution in [1.82, 2.24) is 9.69 Å². The van der Waals surface area contributed by atoms with Gasteiger partial charge >= 0.3 is 5.97 Å². The minimum Gasteiger partial charge on any atom is -0.480 e. The molecule has 1 aromatic heterocycles. The molecule has 0 bridgehead atoms. The van der Waals surface area contributed by atoms with Gasteiger partial charge in [-0.1, -0.05) is 0 Å². The van der Waals surface area contributed by atoms with Crippen LogP contribution in [0.1, 0.15) is 33.6 Å². The van der Waals surface area contributed by atoms with Crippen LogP contribution in [0.4, 0.5) is 4.39 Å². The van der Waals surface area contributed by atoms with Gasteiger partial charge in [-0.15, -0.1) is 0 Å². The summed E-state index contributed by atoms with van der Waals surface area (Å²) in [6.45, 7) is 0. The summed E-state index contributed by atoms with van der Waals surface area (Å²) < 4.78 is 28.1. The molecule has 1 N–H and O–H groups in total. The molecule has 1 aliphatic rings. The Kier molecular flexibility index (Phi) is 4.48. The van der Waals surface area contributed by atoms with Crippen molar-refractivity contribution >= 4 is 23.4 Å². The number of carbonyl (C=O) groups is 2. The number of nitrogens with zero attached hydrogens (tertiary/aromatic N) is 1. The van der Waals surface area contributed by atoms with E-state index in [1.54, 1.807) is 0 Å². The third-order valence-electron chi connectivity index (χ3n) is 3.63. The van der Waals surface area contributed by atoms with Gasteiger partial charge in [0.05, 0.1) is 19.1 Å². The first-order valence-electron chi connectivity index (χ1n) is 7.28. The van der Waals surface area contributed by atoms with Crippen molar-refractivity contribution in [3.05, 3.63) is 35.1 Å². The van der Waals surface area contributed by atoms with Gasteiger partial charge in [-0.3, -0.25) is 4.79 Å². The lowest BCUT2D eigenvalue weighted by Crippen LogP contribution is -2.25. The molecule has 1 aromatic carbocycles. The molecule has 1 saturated carbocycles. The molecule has 24 heavy (non-hydrogen) atoms. The van der Waals surface area contributed by atoms with Gasteiger partial charge in [-0.05, 0) is 42.6 Å². The van der Waals surface area contributed by atoms with Crippen LogP contribution in [-0.2, 0) is 4.74 Å². The first-order valence-corrected chi connectivity index (χ1v) is 8.05. The monoisotopic (exact) mass is 350 g/mol. The fourth-order valence-electron chi connectivity index (χ4n) is 2.22. The Morgan fingerprint density at radius 3 is 2.71 bits per heavy atom. The Morgan fingerprint density at radius 1 is 1.33 bits per heavy atom. The van der Waals surface area contributed by atoms with Crippen LogP contribution in [0, 0.1) is 5.82 Å². The predicted molar refractivity (Wildman–Crippen MR) is 85.9 cm³/mol. The van der Waals surface area contributed by atoms with Crippen LogP contribution in [0.15, 0.2) is 18.2 Å². The van der Waals surface area contributed by atoms with Crippen LogP contribution in [0.25, 0.3) is 10.4 Å². The van der Waals surface area contributed by atoms with E-state index >= 15 is 0 Å². The van der Waals surface area contributed by atoms with Crippen molar-refractivity contribution in [2.45, 2.75) is 18.9 Å². The van der Waals surface area contributed by atoms with Crippen LogP contribution >= 0.6 is 11.5 Å². The zero-order valence-corrected chi connectivity index (χ0v) is 13.9. The van der Waals surface area contributed by atoms with E-state index in [0.717, 1.165) is 24.4 Å². The van der Waals surface area contributed by atoms with Crippen molar-refractivity contribution in [2.24, 2.45) is 0 Å². The zero-order chi connectivity index (χ0) is 17.3. The molecule has 2 aromatic rings. The van der Waals surface area contributed by atoms with E-state index in [2.05, 4.69) is 9.69 Å². The van der Waals surface area contributed by atoms with E-state index in [0.29, 0.717) is 5.56 Å². The second kappa shape index (κ2) is 6.56. The van der Waals surface area contributed by atoms with Gasteiger partial charge in [0.2, 0.25) is 5.88 Å². The van der Waals surface area contributed by atoms with Crippen molar-refractivity contribution in [2.75, 3.05) is 14.2 Å². The molecule has 3 rings (SSSR count). The van der Waals surface area contributed by atoms with Gasteiger partial charge < -0.3 is 14.8 Å². The van der Waals surface area contributed by atoms with Crippen molar-refractivity contribution in [3.8, 4) is 16.3 Å². The number of hydrogen-bond donors (Lipinski definition) is 1. The van der Waals surface area contributed by atoms with Gasteiger partial charge in [0.15, 0.2) is 0 Å². The first-order chi connectivity index (χ1) is 11.5. The average molecular weight is 350 g/mol. The van der Waals surface area contributed by atoms with Gasteiger partial charge in [-0.2, -0.15) is 4.37 Å². The molecule has 1 heterocycles. The minimum absolute atomic E-state index is 0.0450. The molecule has 1 amide bonds. The highest BCUT2D eigenvalue weighted by molar-refractivity contribution is 7.10. The Morgan fingerprint density at radius 2 is 2.08 bits per heavy atom. The molecule has 0 aliphatic heterocycles. The maximum Gasteiger partial charge on any atom is 0.344 e. The number of ether oxygens (including phenoxy) is 2. The van der Waals surface area contributed by atoms with Crippen molar-refractivity contribution in [3.63, 3.8) is 0 Å². The number of hydrogen-bond acceptors (Lipinski definition) is 6. The lowest BCUT2D eigenvalue weighted by molar-refractivity contribution is 0.0598. The second-order valence-corrected chi connectivity index (χ2v) is 6.10. The average Bonchev–Trinajstić information content (AvgIpc) is 3.29. The zero-order valence-electron chi connectivity index (χ0n) is 13.1. The highest BCUT2D eigenvalue weighted by Crippen LogP contribution is 2.36. The molecular weight excluding hydrogens is 335 g/mol. The van der Waals surface area contributed by atoms with E-state index in [1.807, 2.05) is 0 Å². The predicted octanol–water partition coefficient (Wildman–Crippen LogP) is 2.64. The topological polar surface area (TPSA) is 77.5 Å². The van der Waals surface area contributed by atoms with E-state index in [1.165, 1.54) is 32.4 Å².